The molecule has 5 heteroatoms. The summed E-state index contributed by atoms with van der Waals surface area (Å²) in [5, 5.41) is 11.5. The SMILES string of the molecule is CCN(CC(=O)O)CC(=O)Nc1ccc(C(C)C)cc1. The van der Waals surface area contributed by atoms with Gasteiger partial charge in [-0.15, -0.1) is 0 Å². The first-order chi connectivity index (χ1) is 9.42. The van der Waals surface area contributed by atoms with Crippen molar-refractivity contribution in [1.82, 2.24) is 4.90 Å². The predicted octanol–water partition coefficient (Wildman–Crippen LogP) is 2.15. The van der Waals surface area contributed by atoms with Crippen LogP contribution in [0.25, 0.3) is 0 Å². The number of aliphatic carboxylic acids is 1. The number of amides is 1. The summed E-state index contributed by atoms with van der Waals surface area (Å²) in [6, 6.07) is 7.69. The van der Waals surface area contributed by atoms with Gasteiger partial charge in [-0.3, -0.25) is 14.5 Å². The Morgan fingerprint density at radius 1 is 1.20 bits per heavy atom. The van der Waals surface area contributed by atoms with Crippen LogP contribution in [0.15, 0.2) is 24.3 Å². The lowest BCUT2D eigenvalue weighted by Gasteiger charge is -2.17. The summed E-state index contributed by atoms with van der Waals surface area (Å²) in [7, 11) is 0. The van der Waals surface area contributed by atoms with Crippen LogP contribution in [-0.2, 0) is 9.59 Å². The minimum Gasteiger partial charge on any atom is -0.480 e. The molecule has 1 amide bonds. The number of carbonyl (C=O) groups is 2. The topological polar surface area (TPSA) is 69.6 Å². The summed E-state index contributed by atoms with van der Waals surface area (Å²) in [5.74, 6) is -0.683. The molecule has 1 aromatic rings. The van der Waals surface area contributed by atoms with E-state index in [0.29, 0.717) is 12.5 Å². The molecule has 1 aromatic carbocycles. The zero-order valence-electron chi connectivity index (χ0n) is 12.2. The van der Waals surface area contributed by atoms with Gasteiger partial charge < -0.3 is 10.4 Å². The smallest absolute Gasteiger partial charge is 0.317 e. The van der Waals surface area contributed by atoms with Crippen LogP contribution in [0.3, 0.4) is 0 Å². The maximum Gasteiger partial charge on any atom is 0.317 e. The van der Waals surface area contributed by atoms with Gasteiger partial charge in [-0.2, -0.15) is 0 Å². The van der Waals surface area contributed by atoms with E-state index in [4.69, 9.17) is 5.11 Å². The number of carbonyl (C=O) groups excluding carboxylic acids is 1. The molecule has 0 bridgehead atoms. The molecule has 5 nitrogen and oxygen atoms in total. The second kappa shape index (κ2) is 7.65. The van der Waals surface area contributed by atoms with Crippen LogP contribution in [0.4, 0.5) is 5.69 Å². The summed E-state index contributed by atoms with van der Waals surface area (Å²) < 4.78 is 0. The fourth-order valence-electron chi connectivity index (χ4n) is 1.83. The molecule has 0 saturated heterocycles. The summed E-state index contributed by atoms with van der Waals surface area (Å²) in [6.07, 6.45) is 0. The minimum absolute atomic E-state index is 0.0781. The standard InChI is InChI=1S/C15H22N2O3/c1-4-17(10-15(19)20)9-14(18)16-13-7-5-12(6-8-13)11(2)3/h5-8,11H,4,9-10H2,1-3H3,(H,16,18)(H,19,20). The quantitative estimate of drug-likeness (QED) is 0.802. The monoisotopic (exact) mass is 278 g/mol. The van der Waals surface area contributed by atoms with Crippen molar-refractivity contribution in [3.63, 3.8) is 0 Å². The maximum absolute atomic E-state index is 11.8. The molecule has 0 aromatic heterocycles. The van der Waals surface area contributed by atoms with Crippen LogP contribution < -0.4 is 5.32 Å². The first-order valence-electron chi connectivity index (χ1n) is 6.76. The lowest BCUT2D eigenvalue weighted by Crippen LogP contribution is -2.36. The Labute approximate surface area is 119 Å². The Bertz CT molecular complexity index is 455. The summed E-state index contributed by atoms with van der Waals surface area (Å²) in [5.41, 5.74) is 1.94. The Morgan fingerprint density at radius 3 is 2.25 bits per heavy atom. The van der Waals surface area contributed by atoms with Crippen molar-refractivity contribution in [2.45, 2.75) is 26.7 Å². The fourth-order valence-corrected chi connectivity index (χ4v) is 1.83. The van der Waals surface area contributed by atoms with E-state index in [1.807, 2.05) is 31.2 Å². The molecular weight excluding hydrogens is 256 g/mol. The number of likely N-dealkylation sites (N-methyl/N-ethyl adjacent to an activating group) is 1. The average Bonchev–Trinajstić information content (AvgIpc) is 2.37. The Balaban J connectivity index is 2.54. The highest BCUT2D eigenvalue weighted by atomic mass is 16.4. The van der Waals surface area contributed by atoms with Gasteiger partial charge in [0, 0.05) is 5.69 Å². The van der Waals surface area contributed by atoms with E-state index >= 15 is 0 Å². The first kappa shape index (κ1) is 16.2. The molecule has 0 unspecified atom stereocenters. The summed E-state index contributed by atoms with van der Waals surface area (Å²) in [4.78, 5) is 24.0. The van der Waals surface area contributed by atoms with Gasteiger partial charge in [-0.25, -0.2) is 0 Å². The molecule has 0 fully saturated rings. The van der Waals surface area contributed by atoms with Crippen molar-refractivity contribution in [2.24, 2.45) is 0 Å². The van der Waals surface area contributed by atoms with Gasteiger partial charge in [-0.1, -0.05) is 32.9 Å². The highest BCUT2D eigenvalue weighted by Gasteiger charge is 2.12. The normalized spacial score (nSPS) is 10.8. The Hall–Kier alpha value is -1.88. The zero-order valence-corrected chi connectivity index (χ0v) is 12.2. The number of carboxylic acids is 1. The lowest BCUT2D eigenvalue weighted by molar-refractivity contribution is -0.138. The molecule has 1 rings (SSSR count). The number of benzene rings is 1. The van der Waals surface area contributed by atoms with E-state index in [9.17, 15) is 9.59 Å². The van der Waals surface area contributed by atoms with E-state index < -0.39 is 5.97 Å². The molecule has 2 N–H and O–H groups in total. The highest BCUT2D eigenvalue weighted by Crippen LogP contribution is 2.17. The molecule has 0 heterocycles. The third kappa shape index (κ3) is 5.40. The zero-order chi connectivity index (χ0) is 15.1. The number of rotatable bonds is 7. The van der Waals surface area contributed by atoms with Crippen LogP contribution in [0.5, 0.6) is 0 Å². The fraction of sp³-hybridized carbons (Fsp3) is 0.467. The second-order valence-corrected chi connectivity index (χ2v) is 5.02. The lowest BCUT2D eigenvalue weighted by atomic mass is 10.0. The molecule has 0 spiro atoms. The summed E-state index contributed by atoms with van der Waals surface area (Å²) in [6.45, 7) is 6.52. The Kier molecular flexibility index (Phi) is 6.18. The molecule has 0 atom stereocenters. The van der Waals surface area contributed by atoms with E-state index in [1.54, 1.807) is 4.90 Å². The van der Waals surface area contributed by atoms with E-state index in [0.717, 1.165) is 5.69 Å². The number of anilines is 1. The maximum atomic E-state index is 11.8. The number of nitrogens with one attached hydrogen (secondary N) is 1. The van der Waals surface area contributed by atoms with Crippen LogP contribution >= 0.6 is 0 Å². The van der Waals surface area contributed by atoms with Crippen molar-refractivity contribution >= 4 is 17.6 Å². The van der Waals surface area contributed by atoms with E-state index in [-0.39, 0.29) is 19.0 Å². The van der Waals surface area contributed by atoms with Crippen LogP contribution in [0, 0.1) is 0 Å². The van der Waals surface area contributed by atoms with Gasteiger partial charge in [-0.05, 0) is 30.2 Å². The third-order valence-electron chi connectivity index (χ3n) is 3.03. The van der Waals surface area contributed by atoms with Crippen molar-refractivity contribution in [1.29, 1.82) is 0 Å². The Morgan fingerprint density at radius 2 is 1.80 bits per heavy atom. The number of nitrogens with zero attached hydrogens (tertiary/aromatic N) is 1. The van der Waals surface area contributed by atoms with Gasteiger partial charge in [0.05, 0.1) is 13.1 Å². The third-order valence-corrected chi connectivity index (χ3v) is 3.03. The van der Waals surface area contributed by atoms with Crippen LogP contribution in [0.2, 0.25) is 0 Å². The number of carboxylic acid groups (broad SMARTS) is 1. The average molecular weight is 278 g/mol. The molecule has 0 aliphatic rings. The largest absolute Gasteiger partial charge is 0.480 e. The van der Waals surface area contributed by atoms with Gasteiger partial charge in [0.2, 0.25) is 5.91 Å². The van der Waals surface area contributed by atoms with E-state index in [2.05, 4.69) is 19.2 Å². The highest BCUT2D eigenvalue weighted by molar-refractivity contribution is 5.92. The number of hydrogen-bond donors (Lipinski definition) is 2. The molecule has 0 radical (unpaired) electrons. The van der Waals surface area contributed by atoms with Gasteiger partial charge in [0.1, 0.15) is 0 Å². The van der Waals surface area contributed by atoms with Gasteiger partial charge in [0.25, 0.3) is 0 Å². The number of hydrogen-bond acceptors (Lipinski definition) is 3. The first-order valence-corrected chi connectivity index (χ1v) is 6.76. The molecule has 0 aliphatic carbocycles. The molecule has 20 heavy (non-hydrogen) atoms. The van der Waals surface area contributed by atoms with E-state index in [1.165, 1.54) is 5.56 Å². The summed E-state index contributed by atoms with van der Waals surface area (Å²) >= 11 is 0. The van der Waals surface area contributed by atoms with Crippen molar-refractivity contribution in [3.8, 4) is 0 Å². The molecule has 110 valence electrons. The van der Waals surface area contributed by atoms with Crippen molar-refractivity contribution < 1.29 is 14.7 Å². The van der Waals surface area contributed by atoms with Gasteiger partial charge >= 0.3 is 5.97 Å². The predicted molar refractivity (Wildman–Crippen MR) is 78.9 cm³/mol. The minimum atomic E-state index is -0.930. The van der Waals surface area contributed by atoms with Crippen molar-refractivity contribution in [2.75, 3.05) is 25.0 Å². The van der Waals surface area contributed by atoms with Crippen LogP contribution in [-0.4, -0.2) is 41.5 Å². The van der Waals surface area contributed by atoms with Crippen molar-refractivity contribution in [3.05, 3.63) is 29.8 Å². The second-order valence-electron chi connectivity index (χ2n) is 5.02. The molecular formula is C15H22N2O3. The van der Waals surface area contributed by atoms with Gasteiger partial charge in [0.15, 0.2) is 0 Å². The van der Waals surface area contributed by atoms with Crippen LogP contribution in [0.1, 0.15) is 32.3 Å². The molecule has 0 aliphatic heterocycles. The molecule has 0 saturated carbocycles.